The van der Waals surface area contributed by atoms with Crippen molar-refractivity contribution < 1.29 is 22.7 Å². The van der Waals surface area contributed by atoms with Crippen LogP contribution in [-0.2, 0) is 9.53 Å². The van der Waals surface area contributed by atoms with Crippen molar-refractivity contribution in [2.24, 2.45) is 5.73 Å². The SMILES string of the molecule is CC(N)(C(=O)NCC1CN2CCCC2CO1)C(F)(F)F. The Hall–Kier alpha value is -0.860. The molecule has 5 nitrogen and oxygen atoms in total. The van der Waals surface area contributed by atoms with Crippen molar-refractivity contribution in [2.75, 3.05) is 26.2 Å². The molecule has 0 spiro atoms. The number of carbonyl (C=O) groups is 1. The Morgan fingerprint density at radius 2 is 2.20 bits per heavy atom. The van der Waals surface area contributed by atoms with Gasteiger partial charge in [-0.1, -0.05) is 0 Å². The van der Waals surface area contributed by atoms with Crippen molar-refractivity contribution >= 4 is 5.91 Å². The highest BCUT2D eigenvalue weighted by Gasteiger charge is 2.54. The predicted molar refractivity (Wildman–Crippen MR) is 66.0 cm³/mol. The van der Waals surface area contributed by atoms with E-state index in [1.807, 2.05) is 0 Å². The summed E-state index contributed by atoms with van der Waals surface area (Å²) >= 11 is 0. The van der Waals surface area contributed by atoms with Gasteiger partial charge in [-0.25, -0.2) is 0 Å². The van der Waals surface area contributed by atoms with E-state index in [1.165, 1.54) is 0 Å². The molecule has 0 aliphatic carbocycles. The number of hydrogen-bond donors (Lipinski definition) is 2. The molecule has 3 atom stereocenters. The summed E-state index contributed by atoms with van der Waals surface area (Å²) in [4.78, 5) is 13.8. The zero-order valence-electron chi connectivity index (χ0n) is 11.4. The standard InChI is InChI=1S/C12H20F3N3O2/c1-11(16,12(13,14)15)10(19)17-5-9-6-18-4-2-3-8(18)7-20-9/h8-9H,2-7,16H2,1H3,(H,17,19). The summed E-state index contributed by atoms with van der Waals surface area (Å²) in [5.41, 5.74) is 2.17. The second-order valence-corrected chi connectivity index (χ2v) is 5.66. The van der Waals surface area contributed by atoms with Crippen molar-refractivity contribution in [3.05, 3.63) is 0 Å². The first-order valence-electron chi connectivity index (χ1n) is 6.71. The number of amides is 1. The summed E-state index contributed by atoms with van der Waals surface area (Å²) in [5.74, 6) is -1.22. The smallest absolute Gasteiger partial charge is 0.373 e. The van der Waals surface area contributed by atoms with Gasteiger partial charge in [0.05, 0.1) is 12.7 Å². The van der Waals surface area contributed by atoms with E-state index in [9.17, 15) is 18.0 Å². The Bertz CT molecular complexity index is 373. The molecule has 8 heteroatoms. The molecule has 20 heavy (non-hydrogen) atoms. The number of nitrogens with one attached hydrogen (secondary N) is 1. The van der Waals surface area contributed by atoms with Crippen LogP contribution in [-0.4, -0.2) is 60.9 Å². The van der Waals surface area contributed by atoms with Crippen molar-refractivity contribution in [1.82, 2.24) is 10.2 Å². The molecule has 0 radical (unpaired) electrons. The minimum absolute atomic E-state index is 0.0466. The third-order valence-electron chi connectivity index (χ3n) is 4.01. The lowest BCUT2D eigenvalue weighted by Crippen LogP contribution is -2.62. The van der Waals surface area contributed by atoms with E-state index in [0.29, 0.717) is 26.1 Å². The average Bonchev–Trinajstić information content (AvgIpc) is 2.81. The Kier molecular flexibility index (Phi) is 4.27. The lowest BCUT2D eigenvalue weighted by molar-refractivity contribution is -0.187. The fourth-order valence-electron chi connectivity index (χ4n) is 2.53. The van der Waals surface area contributed by atoms with Crippen LogP contribution < -0.4 is 11.1 Å². The summed E-state index contributed by atoms with van der Waals surface area (Å²) in [6.07, 6.45) is -2.85. The van der Waals surface area contributed by atoms with Gasteiger partial charge in [0.15, 0.2) is 5.54 Å². The molecule has 1 amide bonds. The van der Waals surface area contributed by atoms with Gasteiger partial charge in [0.25, 0.3) is 0 Å². The molecular weight excluding hydrogens is 275 g/mol. The highest BCUT2D eigenvalue weighted by molar-refractivity contribution is 5.86. The van der Waals surface area contributed by atoms with Gasteiger partial charge in [0.2, 0.25) is 5.91 Å². The van der Waals surface area contributed by atoms with Crippen molar-refractivity contribution in [3.63, 3.8) is 0 Å². The van der Waals surface area contributed by atoms with Gasteiger partial charge in [-0.3, -0.25) is 9.69 Å². The molecule has 0 aromatic rings. The van der Waals surface area contributed by atoms with Crippen LogP contribution in [0.4, 0.5) is 13.2 Å². The maximum absolute atomic E-state index is 12.6. The minimum atomic E-state index is -4.77. The monoisotopic (exact) mass is 295 g/mol. The molecule has 0 saturated carbocycles. The van der Waals surface area contributed by atoms with Crippen LogP contribution >= 0.6 is 0 Å². The summed E-state index contributed by atoms with van der Waals surface area (Å²) in [6, 6.07) is 0.414. The fourth-order valence-corrected chi connectivity index (χ4v) is 2.53. The van der Waals surface area contributed by atoms with Crippen LogP contribution in [0.5, 0.6) is 0 Å². The molecular formula is C12H20F3N3O2. The van der Waals surface area contributed by atoms with Gasteiger partial charge in [-0.05, 0) is 26.3 Å². The van der Waals surface area contributed by atoms with E-state index in [-0.39, 0.29) is 12.6 Å². The van der Waals surface area contributed by atoms with E-state index in [1.54, 1.807) is 0 Å². The van der Waals surface area contributed by atoms with Crippen molar-refractivity contribution in [3.8, 4) is 0 Å². The van der Waals surface area contributed by atoms with Crippen molar-refractivity contribution in [2.45, 2.75) is 43.6 Å². The lowest BCUT2D eigenvalue weighted by Gasteiger charge is -2.35. The molecule has 2 heterocycles. The molecule has 3 unspecified atom stereocenters. The molecule has 0 aromatic heterocycles. The zero-order valence-corrected chi connectivity index (χ0v) is 11.4. The van der Waals surface area contributed by atoms with E-state index in [0.717, 1.165) is 19.4 Å². The maximum atomic E-state index is 12.6. The maximum Gasteiger partial charge on any atom is 0.415 e. The normalized spacial score (nSPS) is 30.6. The molecule has 2 saturated heterocycles. The number of halogens is 3. The van der Waals surface area contributed by atoms with E-state index < -0.39 is 17.6 Å². The van der Waals surface area contributed by atoms with Crippen LogP contribution in [0.25, 0.3) is 0 Å². The number of fused-ring (bicyclic) bond motifs is 1. The van der Waals surface area contributed by atoms with Crippen molar-refractivity contribution in [1.29, 1.82) is 0 Å². The molecule has 2 rings (SSSR count). The number of alkyl halides is 3. The van der Waals surface area contributed by atoms with Gasteiger partial charge in [-0.15, -0.1) is 0 Å². The molecule has 2 aliphatic rings. The third kappa shape index (κ3) is 3.07. The Morgan fingerprint density at radius 3 is 2.85 bits per heavy atom. The molecule has 2 fully saturated rings. The Morgan fingerprint density at radius 1 is 1.50 bits per heavy atom. The predicted octanol–water partition coefficient (Wildman–Crippen LogP) is 0.246. The van der Waals surface area contributed by atoms with Crippen LogP contribution in [0.2, 0.25) is 0 Å². The number of carbonyl (C=O) groups excluding carboxylic acids is 1. The van der Waals surface area contributed by atoms with Crippen LogP contribution in [0.15, 0.2) is 0 Å². The molecule has 0 bridgehead atoms. The summed E-state index contributed by atoms with van der Waals surface area (Å²) < 4.78 is 43.4. The van der Waals surface area contributed by atoms with Gasteiger partial charge < -0.3 is 15.8 Å². The van der Waals surface area contributed by atoms with Gasteiger partial charge in [-0.2, -0.15) is 13.2 Å². The quantitative estimate of drug-likeness (QED) is 0.783. The second kappa shape index (κ2) is 5.50. The molecule has 0 aromatic carbocycles. The first-order valence-corrected chi connectivity index (χ1v) is 6.71. The number of ether oxygens (including phenoxy) is 1. The first kappa shape index (κ1) is 15.5. The van der Waals surface area contributed by atoms with E-state index in [4.69, 9.17) is 10.5 Å². The van der Waals surface area contributed by atoms with E-state index >= 15 is 0 Å². The summed E-state index contributed by atoms with van der Waals surface area (Å²) in [7, 11) is 0. The van der Waals surface area contributed by atoms with Gasteiger partial charge in [0, 0.05) is 19.1 Å². The molecule has 116 valence electrons. The zero-order chi connectivity index (χ0) is 15.0. The largest absolute Gasteiger partial charge is 0.415 e. The number of hydrogen-bond acceptors (Lipinski definition) is 4. The average molecular weight is 295 g/mol. The summed E-state index contributed by atoms with van der Waals surface area (Å²) in [5, 5.41) is 2.24. The molecule has 2 aliphatic heterocycles. The number of nitrogens with zero attached hydrogens (tertiary/aromatic N) is 1. The van der Waals surface area contributed by atoms with Crippen LogP contribution in [0, 0.1) is 0 Å². The third-order valence-corrected chi connectivity index (χ3v) is 4.01. The van der Waals surface area contributed by atoms with Gasteiger partial charge >= 0.3 is 6.18 Å². The molecule has 3 N–H and O–H groups in total. The highest BCUT2D eigenvalue weighted by Crippen LogP contribution is 2.28. The highest BCUT2D eigenvalue weighted by atomic mass is 19.4. The summed E-state index contributed by atoms with van der Waals surface area (Å²) in [6.45, 7) is 2.90. The van der Waals surface area contributed by atoms with Crippen LogP contribution in [0.3, 0.4) is 0 Å². The van der Waals surface area contributed by atoms with E-state index in [2.05, 4.69) is 10.2 Å². The topological polar surface area (TPSA) is 67.6 Å². The fraction of sp³-hybridized carbons (Fsp3) is 0.917. The number of morpholine rings is 1. The van der Waals surface area contributed by atoms with Gasteiger partial charge in [0.1, 0.15) is 0 Å². The minimum Gasteiger partial charge on any atom is -0.373 e. The number of nitrogens with two attached hydrogens (primary N) is 1. The second-order valence-electron chi connectivity index (χ2n) is 5.66. The Labute approximate surface area is 115 Å². The van der Waals surface area contributed by atoms with Crippen LogP contribution in [0.1, 0.15) is 19.8 Å². The number of rotatable bonds is 3. The Balaban J connectivity index is 1.82. The lowest BCUT2D eigenvalue weighted by atomic mass is 10.0. The first-order chi connectivity index (χ1) is 9.22.